The van der Waals surface area contributed by atoms with Crippen molar-refractivity contribution in [2.75, 3.05) is 13.1 Å². The van der Waals surface area contributed by atoms with Gasteiger partial charge in [-0.05, 0) is 86.7 Å². The highest BCUT2D eigenvalue weighted by molar-refractivity contribution is 6.43. The minimum atomic E-state index is -2.11. The standard InChI is InChI=1S/C36H54BN9O8/c1-2-3-7-22-10-12-23(13-11-22)24-14-16-25(17-15-24)31(48)43-27(8-4-5-20-38)35(52)46-21-6-9-28(46)33(50)44-30(40)34(51)42-26(18-19-29(39)47)32(49)45-36(41)37(53)54/h10-17,26-28,30,36,53-54H,2-9,18-21,38,40-41H2,1H3,(H2,39,47)(H,42,51)(H,43,48)(H,44,50)(H,45,49)/t26-,27-,28-,30+,36+/m0/s1. The van der Waals surface area contributed by atoms with Crippen molar-refractivity contribution >= 4 is 42.6 Å². The molecule has 18 heteroatoms. The lowest BCUT2D eigenvalue weighted by Crippen LogP contribution is -2.62. The van der Waals surface area contributed by atoms with Crippen LogP contribution in [-0.4, -0.2) is 101 Å². The summed E-state index contributed by atoms with van der Waals surface area (Å²) in [6, 6.07) is 10.4. The smallest absolute Gasteiger partial charge is 0.425 e. The fourth-order valence-electron chi connectivity index (χ4n) is 6.03. The molecule has 1 saturated heterocycles. The monoisotopic (exact) mass is 751 g/mol. The van der Waals surface area contributed by atoms with Crippen molar-refractivity contribution in [2.24, 2.45) is 22.9 Å². The molecule has 14 N–H and O–H groups in total. The molecule has 0 spiro atoms. The number of nitrogens with two attached hydrogens (primary N) is 4. The summed E-state index contributed by atoms with van der Waals surface area (Å²) < 4.78 is 0. The number of amides is 6. The zero-order valence-corrected chi connectivity index (χ0v) is 30.7. The Morgan fingerprint density at radius 3 is 2.07 bits per heavy atom. The Bertz CT molecular complexity index is 1580. The van der Waals surface area contributed by atoms with E-state index < -0.39 is 72.9 Å². The molecule has 17 nitrogen and oxygen atoms in total. The summed E-state index contributed by atoms with van der Waals surface area (Å²) in [7, 11) is -2.11. The molecule has 54 heavy (non-hydrogen) atoms. The molecule has 0 saturated carbocycles. The summed E-state index contributed by atoms with van der Waals surface area (Å²) in [5, 5.41) is 28.0. The molecule has 1 aliphatic rings. The summed E-state index contributed by atoms with van der Waals surface area (Å²) in [4.78, 5) is 79.0. The molecule has 1 aliphatic heterocycles. The summed E-state index contributed by atoms with van der Waals surface area (Å²) in [5.74, 6) is -4.39. The van der Waals surface area contributed by atoms with E-state index in [4.69, 9.17) is 22.9 Å². The maximum absolute atomic E-state index is 13.9. The largest absolute Gasteiger partial charge is 0.490 e. The molecule has 0 unspecified atom stereocenters. The molecule has 1 heterocycles. The van der Waals surface area contributed by atoms with Gasteiger partial charge in [0.1, 0.15) is 24.2 Å². The van der Waals surface area contributed by atoms with Crippen LogP contribution < -0.4 is 44.2 Å². The first-order valence-electron chi connectivity index (χ1n) is 18.3. The molecule has 6 amide bonds. The highest BCUT2D eigenvalue weighted by Gasteiger charge is 2.39. The highest BCUT2D eigenvalue weighted by Crippen LogP contribution is 2.23. The first-order chi connectivity index (χ1) is 25.7. The molecule has 1 fully saturated rings. The van der Waals surface area contributed by atoms with Gasteiger partial charge in [0.25, 0.3) is 11.8 Å². The van der Waals surface area contributed by atoms with Gasteiger partial charge in [-0.1, -0.05) is 49.7 Å². The molecule has 5 atom stereocenters. The molecular formula is C36H54BN9O8. The van der Waals surface area contributed by atoms with E-state index in [9.17, 15) is 38.8 Å². The lowest BCUT2D eigenvalue weighted by Gasteiger charge is -2.29. The van der Waals surface area contributed by atoms with Gasteiger partial charge in [-0.25, -0.2) is 0 Å². The van der Waals surface area contributed by atoms with Crippen molar-refractivity contribution in [3.63, 3.8) is 0 Å². The molecule has 0 aliphatic carbocycles. The number of nitrogens with one attached hydrogen (secondary N) is 4. The lowest BCUT2D eigenvalue weighted by atomic mass is 9.86. The summed E-state index contributed by atoms with van der Waals surface area (Å²) in [5.41, 5.74) is 25.9. The van der Waals surface area contributed by atoms with Gasteiger partial charge in [0, 0.05) is 18.5 Å². The first-order valence-corrected chi connectivity index (χ1v) is 18.3. The Balaban J connectivity index is 1.67. The number of nitrogens with zero attached hydrogens (tertiary/aromatic N) is 1. The Labute approximate surface area is 315 Å². The Hall–Kier alpha value is -4.88. The lowest BCUT2D eigenvalue weighted by molar-refractivity contribution is -0.141. The van der Waals surface area contributed by atoms with Gasteiger partial charge in [-0.15, -0.1) is 0 Å². The second-order valence-electron chi connectivity index (χ2n) is 13.4. The van der Waals surface area contributed by atoms with Crippen molar-refractivity contribution < 1.29 is 38.8 Å². The highest BCUT2D eigenvalue weighted by atomic mass is 16.4. The van der Waals surface area contributed by atoms with Crippen LogP contribution >= 0.6 is 0 Å². The van der Waals surface area contributed by atoms with Gasteiger partial charge in [0.05, 0.1) is 0 Å². The van der Waals surface area contributed by atoms with Crippen LogP contribution in [0.5, 0.6) is 0 Å². The van der Waals surface area contributed by atoms with Crippen LogP contribution in [0.2, 0.25) is 0 Å². The number of carbonyl (C=O) groups excluding carboxylic acids is 6. The normalized spacial score (nSPS) is 16.0. The second kappa shape index (κ2) is 21.7. The van der Waals surface area contributed by atoms with E-state index in [2.05, 4.69) is 52.5 Å². The number of carbonyl (C=O) groups is 6. The number of benzene rings is 2. The number of likely N-dealkylation sites (tertiary alicyclic amines) is 1. The fourth-order valence-corrected chi connectivity index (χ4v) is 6.03. The van der Waals surface area contributed by atoms with Crippen LogP contribution in [0.3, 0.4) is 0 Å². The first kappa shape index (κ1) is 43.5. The van der Waals surface area contributed by atoms with Crippen molar-refractivity contribution in [3.8, 4) is 11.1 Å². The van der Waals surface area contributed by atoms with Crippen molar-refractivity contribution in [1.29, 1.82) is 0 Å². The van der Waals surface area contributed by atoms with Gasteiger partial charge >= 0.3 is 7.12 Å². The summed E-state index contributed by atoms with van der Waals surface area (Å²) >= 11 is 0. The van der Waals surface area contributed by atoms with Gasteiger partial charge in [-0.3, -0.25) is 28.8 Å². The molecule has 0 radical (unpaired) electrons. The molecule has 0 aromatic heterocycles. The topological polar surface area (TPSA) is 298 Å². The average molecular weight is 752 g/mol. The summed E-state index contributed by atoms with van der Waals surface area (Å²) in [6.45, 7) is 2.77. The Kier molecular flexibility index (Phi) is 17.5. The van der Waals surface area contributed by atoms with Crippen molar-refractivity contribution in [3.05, 3.63) is 59.7 Å². The van der Waals surface area contributed by atoms with Gasteiger partial charge in [0.15, 0.2) is 6.17 Å². The molecule has 0 bridgehead atoms. The van der Waals surface area contributed by atoms with Crippen molar-refractivity contribution in [2.45, 2.75) is 101 Å². The zero-order valence-electron chi connectivity index (χ0n) is 30.7. The number of unbranched alkanes of at least 4 members (excludes halogenated alkanes) is 2. The van der Waals surface area contributed by atoms with Crippen LogP contribution in [0.1, 0.15) is 80.6 Å². The van der Waals surface area contributed by atoms with E-state index in [-0.39, 0.29) is 32.2 Å². The van der Waals surface area contributed by atoms with E-state index in [0.29, 0.717) is 31.4 Å². The third-order valence-electron chi connectivity index (χ3n) is 9.16. The van der Waals surface area contributed by atoms with Gasteiger partial charge < -0.3 is 59.1 Å². The molecule has 3 rings (SSSR count). The minimum absolute atomic E-state index is 0.222. The predicted octanol–water partition coefficient (Wildman–Crippen LogP) is -1.52. The van der Waals surface area contributed by atoms with Crippen LogP contribution in [0.25, 0.3) is 11.1 Å². The molecular weight excluding hydrogens is 697 g/mol. The minimum Gasteiger partial charge on any atom is -0.425 e. The van der Waals surface area contributed by atoms with Crippen LogP contribution in [0.4, 0.5) is 0 Å². The molecule has 2 aromatic carbocycles. The van der Waals surface area contributed by atoms with Gasteiger partial charge in [0.2, 0.25) is 23.6 Å². The third kappa shape index (κ3) is 13.2. The number of hydrogen-bond donors (Lipinski definition) is 10. The van der Waals surface area contributed by atoms with Crippen molar-refractivity contribution in [1.82, 2.24) is 26.2 Å². The summed E-state index contributed by atoms with van der Waals surface area (Å²) in [6.07, 6.45) is 3.17. The van der Waals surface area contributed by atoms with Crippen LogP contribution in [0.15, 0.2) is 48.5 Å². The van der Waals surface area contributed by atoms with E-state index in [0.717, 1.165) is 30.4 Å². The Morgan fingerprint density at radius 1 is 0.833 bits per heavy atom. The van der Waals surface area contributed by atoms with Crippen LogP contribution in [0, 0.1) is 0 Å². The molecule has 2 aromatic rings. The predicted molar refractivity (Wildman–Crippen MR) is 202 cm³/mol. The zero-order chi connectivity index (χ0) is 39.8. The number of hydrogen-bond acceptors (Lipinski definition) is 11. The third-order valence-corrected chi connectivity index (χ3v) is 9.16. The SMILES string of the molecule is CCCCc1ccc(-c2ccc(C(=O)N[C@@H](CCCCN)C(=O)N3CCC[C@H]3C(=O)N[C@@H](N)C(=O)N[C@@H](CCC(N)=O)C(=O)N[C@@H](N)B(O)O)cc2)cc1. The second-order valence-corrected chi connectivity index (χ2v) is 13.4. The Morgan fingerprint density at radius 2 is 1.48 bits per heavy atom. The number of rotatable bonds is 21. The van der Waals surface area contributed by atoms with E-state index >= 15 is 0 Å². The fraction of sp³-hybridized carbons (Fsp3) is 0.500. The van der Waals surface area contributed by atoms with Crippen LogP contribution in [-0.2, 0) is 30.4 Å². The van der Waals surface area contributed by atoms with E-state index in [1.165, 1.54) is 10.5 Å². The maximum Gasteiger partial charge on any atom is 0.490 e. The van der Waals surface area contributed by atoms with E-state index in [1.807, 2.05) is 12.1 Å². The maximum atomic E-state index is 13.9. The number of aryl methyl sites for hydroxylation is 1. The van der Waals surface area contributed by atoms with E-state index in [1.54, 1.807) is 12.1 Å². The van der Waals surface area contributed by atoms with Gasteiger partial charge in [-0.2, -0.15) is 0 Å². The quantitative estimate of drug-likeness (QED) is 0.0397. The molecule has 294 valence electrons. The number of primary amides is 1. The average Bonchev–Trinajstić information content (AvgIpc) is 3.65.